The fourth-order valence-electron chi connectivity index (χ4n) is 5.73. The molecule has 2 heterocycles. The molecule has 0 bridgehead atoms. The highest BCUT2D eigenvalue weighted by molar-refractivity contribution is 8.13. The third-order valence-electron chi connectivity index (χ3n) is 8.15. The van der Waals surface area contributed by atoms with E-state index in [2.05, 4.69) is 47.9 Å². The molecule has 0 amide bonds. The van der Waals surface area contributed by atoms with Gasteiger partial charge in [-0.05, 0) is 59.6 Å². The number of hydrogen-bond acceptors (Lipinski definition) is 5. The van der Waals surface area contributed by atoms with Crippen LogP contribution in [0.5, 0.6) is 0 Å². The van der Waals surface area contributed by atoms with Crippen LogP contribution in [-0.2, 0) is 9.31 Å². The van der Waals surface area contributed by atoms with E-state index < -0.39 is 7.32 Å². The van der Waals surface area contributed by atoms with E-state index in [1.54, 1.807) is 9.81 Å². The Kier molecular flexibility index (Phi) is 14.2. The van der Waals surface area contributed by atoms with Crippen molar-refractivity contribution in [2.24, 2.45) is 0 Å². The zero-order valence-electron chi connectivity index (χ0n) is 24.6. The summed E-state index contributed by atoms with van der Waals surface area (Å²) in [4.78, 5) is 5.89. The maximum atomic E-state index is 10.5. The van der Waals surface area contributed by atoms with Crippen molar-refractivity contribution in [1.29, 1.82) is 0 Å². The number of hydrogen-bond donors (Lipinski definition) is 1. The second kappa shape index (κ2) is 18.1. The van der Waals surface area contributed by atoms with Gasteiger partial charge in [-0.25, -0.2) is 0 Å². The van der Waals surface area contributed by atoms with E-state index in [1.807, 2.05) is 36.4 Å². The molecule has 0 aromatic heterocycles. The Labute approximate surface area is 248 Å². The minimum absolute atomic E-state index is 0.214. The molecule has 4 rings (SSSR count). The van der Waals surface area contributed by atoms with Gasteiger partial charge in [-0.2, -0.15) is 0 Å². The van der Waals surface area contributed by atoms with Crippen molar-refractivity contribution in [3.8, 4) is 0 Å². The Balaban J connectivity index is 1.14. The Morgan fingerprint density at radius 3 is 1.62 bits per heavy atom. The fourth-order valence-corrected chi connectivity index (χ4v) is 6.67. The lowest BCUT2D eigenvalue weighted by molar-refractivity contribution is -0.00830. The average Bonchev–Trinajstić information content (AvgIpc) is 3.73. The van der Waals surface area contributed by atoms with Crippen molar-refractivity contribution < 1.29 is 14.3 Å². The summed E-state index contributed by atoms with van der Waals surface area (Å²) in [5.41, 5.74) is 2.15. The van der Waals surface area contributed by atoms with Crippen molar-refractivity contribution >= 4 is 19.1 Å². The second-order valence-corrected chi connectivity index (χ2v) is 12.7. The Bertz CT molecular complexity index is 938. The van der Waals surface area contributed by atoms with Crippen LogP contribution in [0.1, 0.15) is 120 Å². The van der Waals surface area contributed by atoms with Crippen LogP contribution in [0, 0.1) is 0 Å². The number of thioether (sulfide) groups is 1. The SMILES string of the molecule is CCCCCCCCC1=C(CCCCCCCCN2CC(c3ccccc3)OB(O)OC(c3ccccc3)C2)S1. The predicted octanol–water partition coefficient (Wildman–Crippen LogP) is 9.23. The molecule has 0 saturated carbocycles. The van der Waals surface area contributed by atoms with Gasteiger partial charge in [0, 0.05) is 13.1 Å². The first-order valence-electron chi connectivity index (χ1n) is 15.9. The van der Waals surface area contributed by atoms with Crippen molar-refractivity contribution in [3.05, 3.63) is 81.6 Å². The first-order chi connectivity index (χ1) is 19.7. The zero-order chi connectivity index (χ0) is 27.8. The summed E-state index contributed by atoms with van der Waals surface area (Å²) >= 11 is 2.08. The van der Waals surface area contributed by atoms with Gasteiger partial charge in [0.1, 0.15) is 0 Å². The smallest absolute Gasteiger partial charge is 0.402 e. The van der Waals surface area contributed by atoms with Crippen LogP contribution in [0.15, 0.2) is 70.5 Å². The minimum Gasteiger partial charge on any atom is -0.402 e. The topological polar surface area (TPSA) is 41.9 Å². The van der Waals surface area contributed by atoms with Gasteiger partial charge in [0.2, 0.25) is 0 Å². The molecular formula is C34H50BNO3S. The summed E-state index contributed by atoms with van der Waals surface area (Å²) in [6, 6.07) is 20.4. The minimum atomic E-state index is -1.24. The molecule has 2 aliphatic rings. The van der Waals surface area contributed by atoms with Crippen molar-refractivity contribution in [2.45, 2.75) is 109 Å². The highest BCUT2D eigenvalue weighted by atomic mass is 32.2. The fraction of sp³-hybridized carbons (Fsp3) is 0.588. The molecule has 218 valence electrons. The molecule has 1 saturated heterocycles. The van der Waals surface area contributed by atoms with Crippen LogP contribution in [0.2, 0.25) is 0 Å². The number of benzene rings is 2. The molecule has 40 heavy (non-hydrogen) atoms. The molecule has 1 fully saturated rings. The number of nitrogens with zero attached hydrogens (tertiary/aromatic N) is 1. The quantitative estimate of drug-likeness (QED) is 0.145. The Morgan fingerprint density at radius 2 is 1.12 bits per heavy atom. The molecule has 2 atom stereocenters. The van der Waals surface area contributed by atoms with Crippen LogP contribution in [0.4, 0.5) is 0 Å². The molecule has 2 aromatic rings. The molecular weight excluding hydrogens is 513 g/mol. The van der Waals surface area contributed by atoms with Gasteiger partial charge in [0.05, 0.1) is 12.2 Å². The molecule has 2 aromatic carbocycles. The van der Waals surface area contributed by atoms with Crippen LogP contribution in [-0.4, -0.2) is 36.9 Å². The number of rotatable bonds is 18. The van der Waals surface area contributed by atoms with Gasteiger partial charge < -0.3 is 14.3 Å². The molecule has 2 unspecified atom stereocenters. The normalized spacial score (nSPS) is 20.0. The van der Waals surface area contributed by atoms with Gasteiger partial charge in [0.25, 0.3) is 0 Å². The summed E-state index contributed by atoms with van der Waals surface area (Å²) in [5, 5.41) is 10.5. The summed E-state index contributed by atoms with van der Waals surface area (Å²) in [6.07, 6.45) is 18.4. The van der Waals surface area contributed by atoms with Gasteiger partial charge in [-0.1, -0.05) is 137 Å². The second-order valence-electron chi connectivity index (χ2n) is 11.5. The first-order valence-corrected chi connectivity index (χ1v) is 16.8. The largest absolute Gasteiger partial charge is 0.637 e. The van der Waals surface area contributed by atoms with Gasteiger partial charge >= 0.3 is 7.32 Å². The molecule has 1 N–H and O–H groups in total. The summed E-state index contributed by atoms with van der Waals surface area (Å²) in [5.74, 6) is 0. The van der Waals surface area contributed by atoms with Crippen LogP contribution >= 0.6 is 11.8 Å². The van der Waals surface area contributed by atoms with Crippen LogP contribution in [0.3, 0.4) is 0 Å². The predicted molar refractivity (Wildman–Crippen MR) is 170 cm³/mol. The maximum absolute atomic E-state index is 10.5. The molecule has 4 nitrogen and oxygen atoms in total. The average molecular weight is 564 g/mol. The summed E-state index contributed by atoms with van der Waals surface area (Å²) < 4.78 is 12.0. The van der Waals surface area contributed by atoms with E-state index in [1.165, 1.54) is 89.9 Å². The molecule has 0 spiro atoms. The number of allylic oxidation sites excluding steroid dienone is 2. The summed E-state index contributed by atoms with van der Waals surface area (Å²) in [6.45, 7) is 4.81. The molecule has 6 heteroatoms. The van der Waals surface area contributed by atoms with Gasteiger partial charge in [-0.3, -0.25) is 4.90 Å². The lowest BCUT2D eigenvalue weighted by Crippen LogP contribution is -2.42. The molecule has 0 radical (unpaired) electrons. The van der Waals surface area contributed by atoms with E-state index >= 15 is 0 Å². The maximum Gasteiger partial charge on any atom is 0.637 e. The third kappa shape index (κ3) is 11.4. The Hall–Kier alpha value is -1.57. The standard InChI is InChI=1S/C34H50BNO3S/c1-2-3-4-5-8-17-24-33-34(40-33)25-18-9-6-7-10-19-26-36-27-31(29-20-13-11-14-21-29)38-35(37)39-32(28-36)30-22-15-12-16-23-30/h11-16,20-23,31-32,37H,2-10,17-19,24-28H2,1H3. The van der Waals surface area contributed by atoms with E-state index in [4.69, 9.17) is 9.31 Å². The van der Waals surface area contributed by atoms with E-state index in [-0.39, 0.29) is 12.2 Å². The van der Waals surface area contributed by atoms with Gasteiger partial charge in [-0.15, -0.1) is 0 Å². The van der Waals surface area contributed by atoms with Crippen LogP contribution < -0.4 is 0 Å². The van der Waals surface area contributed by atoms with Crippen molar-refractivity contribution in [2.75, 3.05) is 19.6 Å². The first kappa shape index (κ1) is 31.4. The Morgan fingerprint density at radius 1 is 0.675 bits per heavy atom. The van der Waals surface area contributed by atoms with E-state index in [0.29, 0.717) is 0 Å². The summed E-state index contributed by atoms with van der Waals surface area (Å²) in [7, 11) is -1.24. The van der Waals surface area contributed by atoms with Crippen molar-refractivity contribution in [3.63, 3.8) is 0 Å². The lowest BCUT2D eigenvalue weighted by Gasteiger charge is -2.35. The van der Waals surface area contributed by atoms with Crippen molar-refractivity contribution in [1.82, 2.24) is 4.90 Å². The van der Waals surface area contributed by atoms with Gasteiger partial charge in [0.15, 0.2) is 0 Å². The molecule has 2 aliphatic heterocycles. The monoisotopic (exact) mass is 563 g/mol. The number of unbranched alkanes of at least 4 members (excludes halogenated alkanes) is 10. The third-order valence-corrected chi connectivity index (χ3v) is 9.34. The van der Waals surface area contributed by atoms with Crippen LogP contribution in [0.25, 0.3) is 0 Å². The molecule has 0 aliphatic carbocycles. The highest BCUT2D eigenvalue weighted by Crippen LogP contribution is 2.50. The van der Waals surface area contributed by atoms with E-state index in [0.717, 1.165) is 30.8 Å². The highest BCUT2D eigenvalue weighted by Gasteiger charge is 2.33. The van der Waals surface area contributed by atoms with E-state index in [9.17, 15) is 5.02 Å². The zero-order valence-corrected chi connectivity index (χ0v) is 25.5. The lowest BCUT2D eigenvalue weighted by atomic mass is 10.0.